The van der Waals surface area contributed by atoms with E-state index < -0.39 is 0 Å². The molecule has 1 aliphatic heterocycles. The number of hydrogen-bond acceptors (Lipinski definition) is 5. The van der Waals surface area contributed by atoms with E-state index in [0.717, 1.165) is 73.0 Å². The van der Waals surface area contributed by atoms with E-state index in [9.17, 15) is 4.79 Å². The highest BCUT2D eigenvalue weighted by atomic mass is 16.5. The molecule has 1 saturated carbocycles. The minimum atomic E-state index is 0.117. The predicted molar refractivity (Wildman–Crippen MR) is 130 cm³/mol. The van der Waals surface area contributed by atoms with E-state index in [4.69, 9.17) is 14.7 Å². The van der Waals surface area contributed by atoms with Gasteiger partial charge in [0.1, 0.15) is 17.4 Å². The van der Waals surface area contributed by atoms with Crippen LogP contribution in [-0.2, 0) is 6.42 Å². The molecule has 5 nitrogen and oxygen atoms in total. The molecule has 1 aromatic heterocycles. The monoisotopic (exact) mass is 441 g/mol. The zero-order chi connectivity index (χ0) is 22.8. The van der Waals surface area contributed by atoms with Crippen LogP contribution in [0.15, 0.2) is 54.6 Å². The third-order valence-electron chi connectivity index (χ3n) is 6.96. The fourth-order valence-corrected chi connectivity index (χ4v) is 4.89. The maximum Gasteiger partial charge on any atom is 0.167 e. The van der Waals surface area contributed by atoms with Gasteiger partial charge in [0, 0.05) is 42.2 Å². The molecule has 0 bridgehead atoms. The molecule has 5 rings (SSSR count). The molecule has 0 atom stereocenters. The lowest BCUT2D eigenvalue weighted by Crippen LogP contribution is -2.35. The molecule has 1 aliphatic carbocycles. The van der Waals surface area contributed by atoms with Gasteiger partial charge in [0.25, 0.3) is 0 Å². The van der Waals surface area contributed by atoms with Crippen LogP contribution in [0.3, 0.4) is 0 Å². The summed E-state index contributed by atoms with van der Waals surface area (Å²) in [5.74, 6) is 3.95. The lowest BCUT2D eigenvalue weighted by molar-refractivity contribution is 0.0992. The molecule has 0 N–H and O–H groups in total. The molecule has 5 heteroatoms. The fraction of sp³-hybridized carbons (Fsp3) is 0.393. The molecule has 0 unspecified atom stereocenters. The molecule has 170 valence electrons. The normalized spacial score (nSPS) is 16.6. The molecule has 0 radical (unpaired) electrons. The maximum absolute atomic E-state index is 13.1. The number of carbonyl (C=O) groups is 1. The molecule has 33 heavy (non-hydrogen) atoms. The number of hydrogen-bond donors (Lipinski definition) is 0. The van der Waals surface area contributed by atoms with Crippen molar-refractivity contribution >= 4 is 11.6 Å². The molecule has 3 aromatic rings. The molecule has 1 saturated heterocycles. The summed E-state index contributed by atoms with van der Waals surface area (Å²) in [4.78, 5) is 25.3. The first-order valence-electron chi connectivity index (χ1n) is 12.0. The van der Waals surface area contributed by atoms with Crippen LogP contribution in [0.1, 0.15) is 70.5 Å². The summed E-state index contributed by atoms with van der Waals surface area (Å²) in [5.41, 5.74) is 3.95. The number of ketones is 1. The van der Waals surface area contributed by atoms with Gasteiger partial charge in [0.2, 0.25) is 0 Å². The van der Waals surface area contributed by atoms with E-state index in [0.29, 0.717) is 18.3 Å². The van der Waals surface area contributed by atoms with Crippen LogP contribution in [0, 0.1) is 6.92 Å². The van der Waals surface area contributed by atoms with Gasteiger partial charge in [-0.15, -0.1) is 0 Å². The van der Waals surface area contributed by atoms with Crippen molar-refractivity contribution in [3.8, 4) is 5.75 Å². The first-order chi connectivity index (χ1) is 16.1. The van der Waals surface area contributed by atoms with Crippen molar-refractivity contribution in [3.63, 3.8) is 0 Å². The van der Waals surface area contributed by atoms with Crippen molar-refractivity contribution in [1.29, 1.82) is 0 Å². The molecule has 0 amide bonds. The largest absolute Gasteiger partial charge is 0.496 e. The summed E-state index contributed by atoms with van der Waals surface area (Å²) in [5, 5.41) is 0. The lowest BCUT2D eigenvalue weighted by Gasteiger charge is -2.35. The zero-order valence-corrected chi connectivity index (χ0v) is 19.5. The van der Waals surface area contributed by atoms with Crippen molar-refractivity contribution in [2.75, 3.05) is 25.1 Å². The van der Waals surface area contributed by atoms with Crippen molar-refractivity contribution in [1.82, 2.24) is 9.97 Å². The van der Waals surface area contributed by atoms with Crippen LogP contribution in [-0.4, -0.2) is 36.0 Å². The first-order valence-corrected chi connectivity index (χ1v) is 12.0. The molecule has 2 heterocycles. The topological polar surface area (TPSA) is 55.3 Å². The minimum Gasteiger partial charge on any atom is -0.496 e. The average molecular weight is 442 g/mol. The third-order valence-corrected chi connectivity index (χ3v) is 6.96. The number of aromatic nitrogens is 2. The number of Topliss-reactive ketones (excluding diaryl/α,β-unsaturated/α-hetero) is 1. The molecular formula is C28H31N3O2. The summed E-state index contributed by atoms with van der Waals surface area (Å²) in [6.07, 6.45) is 4.74. The van der Waals surface area contributed by atoms with Crippen molar-refractivity contribution in [2.24, 2.45) is 0 Å². The molecular weight excluding hydrogens is 410 g/mol. The van der Waals surface area contributed by atoms with Gasteiger partial charge in [-0.1, -0.05) is 48.5 Å². The van der Waals surface area contributed by atoms with Gasteiger partial charge in [-0.05, 0) is 50.2 Å². The van der Waals surface area contributed by atoms with Gasteiger partial charge in [0.15, 0.2) is 5.78 Å². The number of aryl methyl sites for hydroxylation is 1. The average Bonchev–Trinajstić information content (AvgIpc) is 3.71. The van der Waals surface area contributed by atoms with Crippen molar-refractivity contribution < 1.29 is 9.53 Å². The minimum absolute atomic E-state index is 0.117. The van der Waals surface area contributed by atoms with E-state index in [1.54, 1.807) is 7.11 Å². The van der Waals surface area contributed by atoms with Crippen LogP contribution >= 0.6 is 0 Å². The van der Waals surface area contributed by atoms with Crippen molar-refractivity contribution in [3.05, 3.63) is 82.8 Å². The Hall–Kier alpha value is -3.21. The Kier molecular flexibility index (Phi) is 6.12. The van der Waals surface area contributed by atoms with E-state index in [-0.39, 0.29) is 5.78 Å². The second-order valence-corrected chi connectivity index (χ2v) is 9.21. The summed E-state index contributed by atoms with van der Waals surface area (Å²) in [6, 6.07) is 17.9. The van der Waals surface area contributed by atoms with Gasteiger partial charge in [-0.3, -0.25) is 4.79 Å². The molecule has 2 fully saturated rings. The SMILES string of the molecule is COc1ccccc1C1CCN(c2nc(C3CC3)nc(C)c2CC(=O)c2ccccc2)CC1. The van der Waals surface area contributed by atoms with Crippen LogP contribution in [0.5, 0.6) is 5.75 Å². The summed E-state index contributed by atoms with van der Waals surface area (Å²) < 4.78 is 5.61. The highest BCUT2D eigenvalue weighted by Gasteiger charge is 2.31. The number of anilines is 1. The number of piperidine rings is 1. The van der Waals surface area contributed by atoms with Crippen molar-refractivity contribution in [2.45, 2.75) is 50.9 Å². The Morgan fingerprint density at radius 2 is 1.64 bits per heavy atom. The van der Waals surface area contributed by atoms with E-state index in [1.807, 2.05) is 49.4 Å². The highest BCUT2D eigenvalue weighted by Crippen LogP contribution is 2.41. The quantitative estimate of drug-likeness (QED) is 0.455. The Morgan fingerprint density at radius 3 is 2.33 bits per heavy atom. The number of methoxy groups -OCH3 is 1. The van der Waals surface area contributed by atoms with E-state index in [1.165, 1.54) is 5.56 Å². The fourth-order valence-electron chi connectivity index (χ4n) is 4.89. The second-order valence-electron chi connectivity index (χ2n) is 9.21. The van der Waals surface area contributed by atoms with Gasteiger partial charge >= 0.3 is 0 Å². The molecule has 2 aliphatic rings. The lowest BCUT2D eigenvalue weighted by atomic mass is 9.88. The standard InChI is InChI=1S/C28H31N3O2/c1-19-24(18-25(32)21-8-4-3-5-9-21)28(30-27(29-19)22-12-13-22)31-16-14-20(15-17-31)23-10-6-7-11-26(23)33-2/h3-11,20,22H,12-18H2,1-2H3. The Labute approximate surface area is 195 Å². The Morgan fingerprint density at radius 1 is 0.939 bits per heavy atom. The number of rotatable bonds is 7. The Balaban J connectivity index is 1.40. The van der Waals surface area contributed by atoms with Gasteiger partial charge in [0.05, 0.1) is 7.11 Å². The predicted octanol–water partition coefficient (Wildman–Crippen LogP) is 5.48. The first kappa shape index (κ1) is 21.6. The third kappa shape index (κ3) is 4.63. The molecule has 0 spiro atoms. The van der Waals surface area contributed by atoms with Gasteiger partial charge in [-0.2, -0.15) is 0 Å². The van der Waals surface area contributed by atoms with Gasteiger partial charge in [-0.25, -0.2) is 9.97 Å². The number of para-hydroxylation sites is 1. The van der Waals surface area contributed by atoms with E-state index in [2.05, 4.69) is 17.0 Å². The summed E-state index contributed by atoms with van der Waals surface area (Å²) in [7, 11) is 1.74. The maximum atomic E-state index is 13.1. The van der Waals surface area contributed by atoms with E-state index >= 15 is 0 Å². The number of nitrogens with zero attached hydrogens (tertiary/aromatic N) is 3. The zero-order valence-electron chi connectivity index (χ0n) is 19.5. The van der Waals surface area contributed by atoms with Crippen LogP contribution in [0.2, 0.25) is 0 Å². The summed E-state index contributed by atoms with van der Waals surface area (Å²) in [6.45, 7) is 3.86. The van der Waals surface area contributed by atoms with Crippen LogP contribution < -0.4 is 9.64 Å². The number of benzene rings is 2. The smallest absolute Gasteiger partial charge is 0.167 e. The Bertz CT molecular complexity index is 1130. The molecule has 2 aromatic carbocycles. The van der Waals surface area contributed by atoms with Crippen LogP contribution in [0.4, 0.5) is 5.82 Å². The highest BCUT2D eigenvalue weighted by molar-refractivity contribution is 5.98. The summed E-state index contributed by atoms with van der Waals surface area (Å²) >= 11 is 0. The number of carbonyl (C=O) groups excluding carboxylic acids is 1. The van der Waals surface area contributed by atoms with Crippen LogP contribution in [0.25, 0.3) is 0 Å². The van der Waals surface area contributed by atoms with Gasteiger partial charge < -0.3 is 9.64 Å². The second kappa shape index (κ2) is 9.34. The number of ether oxygens (including phenoxy) is 1.